The van der Waals surface area contributed by atoms with E-state index < -0.39 is 9.84 Å². The summed E-state index contributed by atoms with van der Waals surface area (Å²) in [5.74, 6) is -0.215. The molecule has 0 radical (unpaired) electrons. The maximum absolute atomic E-state index is 12.5. The van der Waals surface area contributed by atoms with Crippen molar-refractivity contribution in [3.63, 3.8) is 0 Å². The zero-order valence-corrected chi connectivity index (χ0v) is 18.3. The van der Waals surface area contributed by atoms with Crippen molar-refractivity contribution in [1.82, 2.24) is 10.3 Å². The predicted octanol–water partition coefficient (Wildman–Crippen LogP) is 4.08. The van der Waals surface area contributed by atoms with Crippen LogP contribution in [0.15, 0.2) is 59.1 Å². The van der Waals surface area contributed by atoms with Crippen molar-refractivity contribution in [3.05, 3.63) is 70.9 Å². The summed E-state index contributed by atoms with van der Waals surface area (Å²) in [4.78, 5) is 18.0. The van der Waals surface area contributed by atoms with Gasteiger partial charge in [0.25, 0.3) is 5.91 Å². The Bertz CT molecular complexity index is 1060. The van der Waals surface area contributed by atoms with Crippen molar-refractivity contribution < 1.29 is 13.2 Å². The van der Waals surface area contributed by atoms with E-state index in [1.165, 1.54) is 6.26 Å². The molecule has 1 amide bonds. The van der Waals surface area contributed by atoms with Gasteiger partial charge in [-0.05, 0) is 40.8 Å². The first-order valence-electron chi connectivity index (χ1n) is 8.03. The topological polar surface area (TPSA) is 76.1 Å². The zero-order chi connectivity index (χ0) is 19.4. The van der Waals surface area contributed by atoms with E-state index in [0.29, 0.717) is 16.5 Å². The number of alkyl halides is 1. The Labute approximate surface area is 175 Å². The number of rotatable bonds is 6. The molecule has 0 bridgehead atoms. The van der Waals surface area contributed by atoms with Gasteiger partial charge in [0.15, 0.2) is 9.84 Å². The average molecular weight is 512 g/mol. The number of amides is 1. The van der Waals surface area contributed by atoms with Crippen LogP contribution in [0.4, 0.5) is 0 Å². The summed E-state index contributed by atoms with van der Waals surface area (Å²) in [6, 6.07) is 10.8. The van der Waals surface area contributed by atoms with E-state index in [-0.39, 0.29) is 10.8 Å². The number of nitrogens with zero attached hydrogens (tertiary/aromatic N) is 1. The number of thiophene rings is 1. The minimum Gasteiger partial charge on any atom is -0.348 e. The maximum Gasteiger partial charge on any atom is 0.253 e. The van der Waals surface area contributed by atoms with Crippen LogP contribution in [0.1, 0.15) is 21.5 Å². The molecule has 0 atom stereocenters. The number of aromatic nitrogens is 1. The van der Waals surface area contributed by atoms with E-state index in [4.69, 9.17) is 0 Å². The van der Waals surface area contributed by atoms with Crippen LogP contribution in [0, 0.1) is 0 Å². The predicted molar refractivity (Wildman–Crippen MR) is 116 cm³/mol. The molecule has 1 aromatic carbocycles. The summed E-state index contributed by atoms with van der Waals surface area (Å²) < 4.78 is 24.1. The second kappa shape index (κ2) is 8.49. The Hall–Kier alpha value is -1.78. The fraction of sp³-hybridized carbons (Fsp3) is 0.158. The van der Waals surface area contributed by atoms with Crippen molar-refractivity contribution in [1.29, 1.82) is 0 Å². The van der Waals surface area contributed by atoms with Gasteiger partial charge in [0.2, 0.25) is 0 Å². The van der Waals surface area contributed by atoms with E-state index >= 15 is 0 Å². The Morgan fingerprint density at radius 2 is 2.00 bits per heavy atom. The van der Waals surface area contributed by atoms with Crippen molar-refractivity contribution in [3.8, 4) is 10.4 Å². The molecule has 8 heteroatoms. The Morgan fingerprint density at radius 3 is 2.67 bits per heavy atom. The third-order valence-corrected chi connectivity index (χ3v) is 6.85. The van der Waals surface area contributed by atoms with Gasteiger partial charge in [-0.1, -0.05) is 34.7 Å². The van der Waals surface area contributed by atoms with E-state index in [9.17, 15) is 13.2 Å². The van der Waals surface area contributed by atoms with Gasteiger partial charge in [-0.25, -0.2) is 8.42 Å². The van der Waals surface area contributed by atoms with E-state index in [2.05, 4.69) is 32.9 Å². The molecule has 140 valence electrons. The number of nitrogens with one attached hydrogen (secondary N) is 1. The Balaban J connectivity index is 1.75. The quantitative estimate of drug-likeness (QED) is 0.399. The molecule has 2 heterocycles. The third-order valence-electron chi connectivity index (χ3n) is 4.00. The number of carbonyl (C=O) groups is 1. The Morgan fingerprint density at radius 1 is 1.19 bits per heavy atom. The summed E-state index contributed by atoms with van der Waals surface area (Å²) >= 11 is 3.78. The molecule has 0 saturated carbocycles. The highest BCUT2D eigenvalue weighted by Crippen LogP contribution is 2.24. The van der Waals surface area contributed by atoms with Gasteiger partial charge in [0, 0.05) is 40.1 Å². The molecule has 27 heavy (non-hydrogen) atoms. The highest BCUT2D eigenvalue weighted by Gasteiger charge is 2.13. The molecule has 0 unspecified atom stereocenters. The fourth-order valence-corrected chi connectivity index (χ4v) is 4.64. The molecule has 5 nitrogen and oxygen atoms in total. The standard InChI is InChI=1S/C19H17IN2O3S2/c1-27(24,25)17-5-4-13(14(8-17)9-20)12-22-19(23)16-7-15(10-21-11-16)18-3-2-6-26-18/h2-8,10-11H,9,12H2,1H3,(H,22,23). The van der Waals surface area contributed by atoms with E-state index in [0.717, 1.165) is 21.6 Å². The van der Waals surface area contributed by atoms with Crippen LogP contribution >= 0.6 is 33.9 Å². The number of hydrogen-bond donors (Lipinski definition) is 1. The highest BCUT2D eigenvalue weighted by atomic mass is 127. The number of halogens is 1. The van der Waals surface area contributed by atoms with Crippen LogP contribution in [0.25, 0.3) is 10.4 Å². The summed E-state index contributed by atoms with van der Waals surface area (Å²) in [6.07, 6.45) is 4.47. The van der Waals surface area contributed by atoms with Crippen LogP contribution in [0.3, 0.4) is 0 Å². The van der Waals surface area contributed by atoms with Crippen molar-refractivity contribution in [2.75, 3.05) is 6.26 Å². The molecule has 0 aliphatic rings. The molecule has 3 aromatic rings. The molecule has 0 saturated heterocycles. The van der Waals surface area contributed by atoms with Gasteiger partial charge in [-0.3, -0.25) is 9.78 Å². The molecule has 0 aliphatic heterocycles. The molecule has 0 fully saturated rings. The number of carbonyl (C=O) groups excluding carboxylic acids is 1. The van der Waals surface area contributed by atoms with Crippen molar-refractivity contribution in [2.24, 2.45) is 0 Å². The largest absolute Gasteiger partial charge is 0.348 e. The molecule has 0 aliphatic carbocycles. The SMILES string of the molecule is CS(=O)(=O)c1ccc(CNC(=O)c2cncc(-c3cccs3)c2)c(CI)c1. The molecule has 1 N–H and O–H groups in total. The summed E-state index contributed by atoms with van der Waals surface area (Å²) in [6.45, 7) is 0.324. The van der Waals surface area contributed by atoms with Crippen LogP contribution in [0.2, 0.25) is 0 Å². The smallest absolute Gasteiger partial charge is 0.253 e. The van der Waals surface area contributed by atoms with Gasteiger partial charge in [0.1, 0.15) is 0 Å². The second-order valence-corrected chi connectivity index (χ2v) is 9.68. The fourth-order valence-electron chi connectivity index (χ4n) is 2.55. The number of hydrogen-bond acceptors (Lipinski definition) is 5. The maximum atomic E-state index is 12.5. The van der Waals surface area contributed by atoms with Gasteiger partial charge in [-0.2, -0.15) is 0 Å². The average Bonchev–Trinajstić information content (AvgIpc) is 3.20. The third kappa shape index (κ3) is 4.94. The van der Waals surface area contributed by atoms with Crippen LogP contribution in [0.5, 0.6) is 0 Å². The van der Waals surface area contributed by atoms with Gasteiger partial charge < -0.3 is 5.32 Å². The first-order valence-corrected chi connectivity index (χ1v) is 12.3. The van der Waals surface area contributed by atoms with Crippen molar-refractivity contribution >= 4 is 49.7 Å². The summed E-state index contributed by atoms with van der Waals surface area (Å²) in [7, 11) is -3.25. The minimum atomic E-state index is -3.25. The lowest BCUT2D eigenvalue weighted by Crippen LogP contribution is -2.23. The van der Waals surface area contributed by atoms with Gasteiger partial charge >= 0.3 is 0 Å². The van der Waals surface area contributed by atoms with E-state index in [1.54, 1.807) is 41.9 Å². The normalized spacial score (nSPS) is 11.3. The number of pyridine rings is 1. The lowest BCUT2D eigenvalue weighted by molar-refractivity contribution is 0.0950. The van der Waals surface area contributed by atoms with Crippen LogP contribution in [-0.4, -0.2) is 25.6 Å². The molecular weight excluding hydrogens is 495 g/mol. The number of sulfone groups is 1. The van der Waals surface area contributed by atoms with E-state index in [1.807, 2.05) is 23.6 Å². The van der Waals surface area contributed by atoms with Gasteiger partial charge in [0.05, 0.1) is 10.5 Å². The minimum absolute atomic E-state index is 0.215. The second-order valence-electron chi connectivity index (χ2n) is 5.96. The summed E-state index contributed by atoms with van der Waals surface area (Å²) in [5, 5.41) is 4.87. The van der Waals surface area contributed by atoms with Crippen molar-refractivity contribution in [2.45, 2.75) is 15.9 Å². The zero-order valence-electron chi connectivity index (χ0n) is 14.5. The molecule has 0 spiro atoms. The molecule has 3 rings (SSSR count). The van der Waals surface area contributed by atoms with Gasteiger partial charge in [-0.15, -0.1) is 11.3 Å². The first kappa shape index (κ1) is 20.0. The highest BCUT2D eigenvalue weighted by molar-refractivity contribution is 14.1. The van der Waals surface area contributed by atoms with Crippen LogP contribution < -0.4 is 5.32 Å². The number of benzene rings is 1. The monoisotopic (exact) mass is 512 g/mol. The first-order chi connectivity index (χ1) is 12.9. The summed E-state index contributed by atoms with van der Waals surface area (Å²) in [5.41, 5.74) is 3.18. The molecule has 2 aromatic heterocycles. The lowest BCUT2D eigenvalue weighted by Gasteiger charge is -2.11. The lowest BCUT2D eigenvalue weighted by atomic mass is 10.1. The molecular formula is C19H17IN2O3S2. The van der Waals surface area contributed by atoms with Crippen LogP contribution in [-0.2, 0) is 20.8 Å². The Kier molecular flexibility index (Phi) is 6.28.